The number of aryl methyl sites for hydroxylation is 1. The molecule has 0 spiro atoms. The predicted molar refractivity (Wildman–Crippen MR) is 56.4 cm³/mol. The van der Waals surface area contributed by atoms with E-state index < -0.39 is 0 Å². The number of hydrogen-bond acceptors (Lipinski definition) is 6. The molecular weight excluding hydrogens is 228 g/mol. The Bertz CT molecular complexity index is 388. The molecule has 7 heteroatoms. The van der Waals surface area contributed by atoms with Gasteiger partial charge in [-0.15, -0.1) is 0 Å². The van der Waals surface area contributed by atoms with Crippen molar-refractivity contribution in [2.75, 3.05) is 20.3 Å². The number of rotatable bonds is 6. The molecule has 0 saturated carbocycles. The highest BCUT2D eigenvalue weighted by Crippen LogP contribution is 2.09. The molecule has 0 aliphatic carbocycles. The minimum atomic E-state index is -0.377. The maximum atomic E-state index is 11.2. The van der Waals surface area contributed by atoms with Gasteiger partial charge in [0.25, 0.3) is 11.8 Å². The number of nitrogens with one attached hydrogen (secondary N) is 1. The molecule has 0 aliphatic heterocycles. The number of hydrogen-bond donors (Lipinski definition) is 1. The Morgan fingerprint density at radius 1 is 1.53 bits per heavy atom. The number of carbonyl (C=O) groups excluding carboxylic acids is 2. The molecule has 1 rings (SSSR count). The Hall–Kier alpha value is -2.05. The van der Waals surface area contributed by atoms with Crippen LogP contribution >= 0.6 is 0 Å². The standard InChI is InChI=1S/C10H14N2O5/c1-7-5-9(12-17-7)16-6-8(13)11-4-3-10(14)15-2/h5H,3-4,6H2,1-2H3,(H,11,13). The Morgan fingerprint density at radius 3 is 2.88 bits per heavy atom. The van der Waals surface area contributed by atoms with Crippen molar-refractivity contribution in [1.29, 1.82) is 0 Å². The number of nitrogens with zero attached hydrogens (tertiary/aromatic N) is 1. The third-order valence-corrected chi connectivity index (χ3v) is 1.84. The van der Waals surface area contributed by atoms with Crippen molar-refractivity contribution in [3.8, 4) is 5.88 Å². The molecule has 0 saturated heterocycles. The van der Waals surface area contributed by atoms with Gasteiger partial charge >= 0.3 is 5.97 Å². The van der Waals surface area contributed by atoms with E-state index in [-0.39, 0.29) is 37.3 Å². The molecule has 1 aromatic heterocycles. The zero-order valence-electron chi connectivity index (χ0n) is 9.69. The van der Waals surface area contributed by atoms with Gasteiger partial charge in [0.2, 0.25) is 0 Å². The molecule has 0 bridgehead atoms. The van der Waals surface area contributed by atoms with Gasteiger partial charge in [0.1, 0.15) is 5.76 Å². The molecule has 0 radical (unpaired) electrons. The van der Waals surface area contributed by atoms with E-state index in [1.807, 2.05) is 0 Å². The third-order valence-electron chi connectivity index (χ3n) is 1.84. The SMILES string of the molecule is COC(=O)CCNC(=O)COc1cc(C)on1. The molecule has 0 atom stereocenters. The molecule has 0 aromatic carbocycles. The van der Waals surface area contributed by atoms with E-state index in [0.717, 1.165) is 0 Å². The third kappa shape index (κ3) is 5.01. The van der Waals surface area contributed by atoms with Crippen molar-refractivity contribution < 1.29 is 23.6 Å². The van der Waals surface area contributed by atoms with Gasteiger partial charge in [0.05, 0.1) is 13.5 Å². The van der Waals surface area contributed by atoms with Crippen LogP contribution in [0, 0.1) is 6.92 Å². The van der Waals surface area contributed by atoms with Crippen LogP contribution in [0.15, 0.2) is 10.6 Å². The molecule has 1 heterocycles. The van der Waals surface area contributed by atoms with Crippen LogP contribution in [-0.2, 0) is 14.3 Å². The molecule has 1 amide bonds. The first-order valence-electron chi connectivity index (χ1n) is 5.01. The van der Waals surface area contributed by atoms with Gasteiger partial charge in [-0.25, -0.2) is 0 Å². The summed E-state index contributed by atoms with van der Waals surface area (Å²) >= 11 is 0. The second kappa shape index (κ2) is 6.51. The number of methoxy groups -OCH3 is 1. The molecule has 0 unspecified atom stereocenters. The Labute approximate surface area is 98.1 Å². The fourth-order valence-corrected chi connectivity index (χ4v) is 1.01. The highest BCUT2D eigenvalue weighted by atomic mass is 16.5. The minimum absolute atomic E-state index is 0.130. The summed E-state index contributed by atoms with van der Waals surface area (Å²) in [5, 5.41) is 6.06. The lowest BCUT2D eigenvalue weighted by Gasteiger charge is -2.04. The van der Waals surface area contributed by atoms with Crippen LogP contribution in [-0.4, -0.2) is 37.3 Å². The fraction of sp³-hybridized carbons (Fsp3) is 0.500. The summed E-state index contributed by atoms with van der Waals surface area (Å²) in [6.07, 6.45) is 0.130. The molecule has 0 aliphatic rings. The smallest absolute Gasteiger partial charge is 0.307 e. The topological polar surface area (TPSA) is 90.7 Å². The molecule has 94 valence electrons. The summed E-state index contributed by atoms with van der Waals surface area (Å²) in [6, 6.07) is 1.57. The monoisotopic (exact) mass is 242 g/mol. The van der Waals surface area contributed by atoms with Crippen LogP contribution in [0.25, 0.3) is 0 Å². The summed E-state index contributed by atoms with van der Waals surface area (Å²) in [5.41, 5.74) is 0. The van der Waals surface area contributed by atoms with Crippen molar-refractivity contribution >= 4 is 11.9 Å². The lowest BCUT2D eigenvalue weighted by molar-refractivity contribution is -0.140. The molecule has 1 N–H and O–H groups in total. The summed E-state index contributed by atoms with van der Waals surface area (Å²) in [6.45, 7) is 1.76. The van der Waals surface area contributed by atoms with E-state index in [4.69, 9.17) is 9.26 Å². The van der Waals surface area contributed by atoms with Crippen molar-refractivity contribution in [3.05, 3.63) is 11.8 Å². The quantitative estimate of drug-likeness (QED) is 0.708. The van der Waals surface area contributed by atoms with Crippen molar-refractivity contribution in [1.82, 2.24) is 10.5 Å². The average Bonchev–Trinajstić information content (AvgIpc) is 2.72. The highest BCUT2D eigenvalue weighted by molar-refractivity contribution is 5.78. The number of carbonyl (C=O) groups is 2. The summed E-state index contributed by atoms with van der Waals surface area (Å²) in [4.78, 5) is 22.0. The largest absolute Gasteiger partial charge is 0.469 e. The van der Waals surface area contributed by atoms with Crippen LogP contribution in [0.1, 0.15) is 12.2 Å². The van der Waals surface area contributed by atoms with E-state index in [2.05, 4.69) is 15.2 Å². The van der Waals surface area contributed by atoms with E-state index in [1.54, 1.807) is 13.0 Å². The number of ether oxygens (including phenoxy) is 2. The first kappa shape index (κ1) is 13.0. The van der Waals surface area contributed by atoms with Gasteiger partial charge in [0, 0.05) is 12.6 Å². The number of esters is 1. The summed E-state index contributed by atoms with van der Waals surface area (Å²) in [7, 11) is 1.29. The van der Waals surface area contributed by atoms with Gasteiger partial charge in [0.15, 0.2) is 6.61 Å². The van der Waals surface area contributed by atoms with Gasteiger partial charge in [-0.3, -0.25) is 9.59 Å². The minimum Gasteiger partial charge on any atom is -0.469 e. The van der Waals surface area contributed by atoms with Crippen LogP contribution in [0.3, 0.4) is 0 Å². The van der Waals surface area contributed by atoms with Crippen LogP contribution < -0.4 is 10.1 Å². The first-order valence-corrected chi connectivity index (χ1v) is 5.01. The van der Waals surface area contributed by atoms with E-state index >= 15 is 0 Å². The Kier molecular flexibility index (Phi) is 4.99. The van der Waals surface area contributed by atoms with Crippen molar-refractivity contribution in [2.45, 2.75) is 13.3 Å². The first-order chi connectivity index (χ1) is 8.11. The zero-order valence-corrected chi connectivity index (χ0v) is 9.69. The molecule has 17 heavy (non-hydrogen) atoms. The summed E-state index contributed by atoms with van der Waals surface area (Å²) < 4.78 is 14.2. The van der Waals surface area contributed by atoms with Crippen molar-refractivity contribution in [3.63, 3.8) is 0 Å². The molecule has 1 aromatic rings. The maximum Gasteiger partial charge on any atom is 0.307 e. The Morgan fingerprint density at radius 2 is 2.29 bits per heavy atom. The van der Waals surface area contributed by atoms with Gasteiger partial charge < -0.3 is 19.3 Å². The average molecular weight is 242 g/mol. The van der Waals surface area contributed by atoms with Gasteiger partial charge in [-0.1, -0.05) is 0 Å². The number of amides is 1. The van der Waals surface area contributed by atoms with E-state index in [0.29, 0.717) is 5.76 Å². The molecule has 0 fully saturated rings. The molecular formula is C10H14N2O5. The fourth-order valence-electron chi connectivity index (χ4n) is 1.01. The van der Waals surface area contributed by atoms with Crippen LogP contribution in [0.2, 0.25) is 0 Å². The maximum absolute atomic E-state index is 11.2. The second-order valence-corrected chi connectivity index (χ2v) is 3.24. The lowest BCUT2D eigenvalue weighted by atomic mass is 10.4. The summed E-state index contributed by atoms with van der Waals surface area (Å²) in [5.74, 6) is 0.143. The Balaban J connectivity index is 2.15. The van der Waals surface area contributed by atoms with E-state index in [1.165, 1.54) is 7.11 Å². The lowest BCUT2D eigenvalue weighted by Crippen LogP contribution is -2.30. The zero-order chi connectivity index (χ0) is 12.7. The molecule has 7 nitrogen and oxygen atoms in total. The van der Waals surface area contributed by atoms with Gasteiger partial charge in [-0.05, 0) is 12.1 Å². The predicted octanol–water partition coefficient (Wildman–Crippen LogP) is 0.0411. The van der Waals surface area contributed by atoms with Crippen LogP contribution in [0.5, 0.6) is 5.88 Å². The van der Waals surface area contributed by atoms with Crippen molar-refractivity contribution in [2.24, 2.45) is 0 Å². The number of aromatic nitrogens is 1. The van der Waals surface area contributed by atoms with Gasteiger partial charge in [-0.2, -0.15) is 0 Å². The normalized spacial score (nSPS) is 9.76. The second-order valence-electron chi connectivity index (χ2n) is 3.24. The highest BCUT2D eigenvalue weighted by Gasteiger charge is 2.06. The van der Waals surface area contributed by atoms with Crippen LogP contribution in [0.4, 0.5) is 0 Å². The van der Waals surface area contributed by atoms with E-state index in [9.17, 15) is 9.59 Å².